The summed E-state index contributed by atoms with van der Waals surface area (Å²) in [5.41, 5.74) is 1.17. The van der Waals surface area contributed by atoms with Gasteiger partial charge in [-0.1, -0.05) is 24.3 Å². The van der Waals surface area contributed by atoms with Crippen molar-refractivity contribution < 1.29 is 23.0 Å². The van der Waals surface area contributed by atoms with Gasteiger partial charge in [-0.25, -0.2) is 8.78 Å². The molecule has 0 unspecified atom stereocenters. The Bertz CT molecular complexity index is 1170. The van der Waals surface area contributed by atoms with E-state index in [0.717, 1.165) is 0 Å². The van der Waals surface area contributed by atoms with E-state index in [1.165, 1.54) is 36.4 Å². The van der Waals surface area contributed by atoms with Gasteiger partial charge in [0, 0.05) is 11.3 Å². The van der Waals surface area contributed by atoms with Crippen molar-refractivity contribution in [3.63, 3.8) is 0 Å². The number of nitrogens with one attached hydrogen (secondary N) is 1. The maximum Gasteiger partial charge on any atom is 0.266 e. The minimum Gasteiger partial charge on any atom is -0.490 e. The average Bonchev–Trinajstić information content (AvgIpc) is 2.79. The normalized spacial score (nSPS) is 10.9. The third-order valence-electron chi connectivity index (χ3n) is 4.39. The molecule has 3 aromatic rings. The molecule has 0 fully saturated rings. The van der Waals surface area contributed by atoms with Crippen LogP contribution in [0.2, 0.25) is 0 Å². The zero-order valence-corrected chi connectivity index (χ0v) is 17.3. The van der Waals surface area contributed by atoms with Crippen LogP contribution >= 0.6 is 0 Å². The van der Waals surface area contributed by atoms with Crippen LogP contribution in [-0.4, -0.2) is 12.5 Å². The van der Waals surface area contributed by atoms with Crippen molar-refractivity contribution in [3.8, 4) is 17.6 Å². The van der Waals surface area contributed by atoms with E-state index in [-0.39, 0.29) is 18.0 Å². The first kappa shape index (κ1) is 22.5. The summed E-state index contributed by atoms with van der Waals surface area (Å²) in [6, 6.07) is 18.3. The Morgan fingerprint density at radius 1 is 1.03 bits per heavy atom. The molecule has 0 spiro atoms. The lowest BCUT2D eigenvalue weighted by Crippen LogP contribution is -2.13. The molecule has 0 saturated heterocycles. The van der Waals surface area contributed by atoms with Crippen LogP contribution in [0.4, 0.5) is 14.5 Å². The lowest BCUT2D eigenvalue weighted by molar-refractivity contribution is -0.112. The number of halogens is 2. The fourth-order valence-corrected chi connectivity index (χ4v) is 2.82. The summed E-state index contributed by atoms with van der Waals surface area (Å²) in [4.78, 5) is 12.4. The van der Waals surface area contributed by atoms with E-state index in [1.807, 2.05) is 6.07 Å². The Morgan fingerprint density at radius 3 is 2.47 bits per heavy atom. The quantitative estimate of drug-likeness (QED) is 0.376. The van der Waals surface area contributed by atoms with Gasteiger partial charge in [0.15, 0.2) is 11.5 Å². The number of anilines is 1. The van der Waals surface area contributed by atoms with Gasteiger partial charge in [-0.05, 0) is 61.0 Å². The first-order chi connectivity index (χ1) is 15.5. The van der Waals surface area contributed by atoms with Crippen LogP contribution in [0, 0.1) is 23.0 Å². The predicted molar refractivity (Wildman–Crippen MR) is 117 cm³/mol. The highest BCUT2D eigenvalue weighted by molar-refractivity contribution is 6.09. The van der Waals surface area contributed by atoms with E-state index in [1.54, 1.807) is 43.3 Å². The van der Waals surface area contributed by atoms with Crippen molar-refractivity contribution in [2.24, 2.45) is 0 Å². The second kappa shape index (κ2) is 10.7. The van der Waals surface area contributed by atoms with Crippen LogP contribution in [-0.2, 0) is 11.4 Å². The second-order valence-electron chi connectivity index (χ2n) is 6.65. The van der Waals surface area contributed by atoms with Crippen molar-refractivity contribution in [2.75, 3.05) is 11.9 Å². The average molecular weight is 434 g/mol. The highest BCUT2D eigenvalue weighted by atomic mass is 19.1. The van der Waals surface area contributed by atoms with E-state index in [4.69, 9.17) is 9.47 Å². The van der Waals surface area contributed by atoms with Gasteiger partial charge in [0.1, 0.15) is 29.9 Å². The minimum atomic E-state index is -0.628. The van der Waals surface area contributed by atoms with Crippen LogP contribution in [0.25, 0.3) is 6.08 Å². The van der Waals surface area contributed by atoms with Gasteiger partial charge >= 0.3 is 0 Å². The summed E-state index contributed by atoms with van der Waals surface area (Å²) >= 11 is 0. The Hall–Kier alpha value is -4.18. The van der Waals surface area contributed by atoms with Crippen molar-refractivity contribution in [2.45, 2.75) is 13.5 Å². The maximum atomic E-state index is 13.8. The number of nitriles is 1. The van der Waals surface area contributed by atoms with E-state index in [2.05, 4.69) is 5.32 Å². The molecule has 1 N–H and O–H groups in total. The van der Waals surface area contributed by atoms with Gasteiger partial charge < -0.3 is 14.8 Å². The van der Waals surface area contributed by atoms with Crippen LogP contribution in [0.5, 0.6) is 11.5 Å². The molecule has 0 saturated carbocycles. The molecular weight excluding hydrogens is 414 g/mol. The molecule has 0 aromatic heterocycles. The summed E-state index contributed by atoms with van der Waals surface area (Å²) < 4.78 is 38.2. The number of rotatable bonds is 8. The molecule has 0 atom stereocenters. The molecule has 0 radical (unpaired) electrons. The van der Waals surface area contributed by atoms with E-state index < -0.39 is 11.7 Å². The van der Waals surface area contributed by atoms with Crippen molar-refractivity contribution >= 4 is 17.7 Å². The first-order valence-corrected chi connectivity index (χ1v) is 9.82. The third-order valence-corrected chi connectivity index (χ3v) is 4.39. The molecule has 0 aliphatic heterocycles. The van der Waals surface area contributed by atoms with Crippen LogP contribution in [0.1, 0.15) is 18.1 Å². The number of carbonyl (C=O) groups excluding carboxylic acids is 1. The van der Waals surface area contributed by atoms with Gasteiger partial charge in [0.25, 0.3) is 5.91 Å². The number of hydrogen-bond acceptors (Lipinski definition) is 4. The molecule has 0 aliphatic rings. The fraction of sp³-hybridized carbons (Fsp3) is 0.120. The summed E-state index contributed by atoms with van der Waals surface area (Å²) in [5.74, 6) is -0.622. The number of nitrogens with zero attached hydrogens (tertiary/aromatic N) is 1. The molecule has 162 valence electrons. The summed E-state index contributed by atoms with van der Waals surface area (Å²) in [5, 5.41) is 12.0. The summed E-state index contributed by atoms with van der Waals surface area (Å²) in [6.07, 6.45) is 1.40. The highest BCUT2D eigenvalue weighted by Crippen LogP contribution is 2.30. The highest BCUT2D eigenvalue weighted by Gasteiger charge is 2.12. The zero-order chi connectivity index (χ0) is 22.9. The molecule has 5 nitrogen and oxygen atoms in total. The predicted octanol–water partition coefficient (Wildman–Crippen LogP) is 5.49. The molecule has 0 heterocycles. The Morgan fingerprint density at radius 2 is 1.78 bits per heavy atom. The topological polar surface area (TPSA) is 71.3 Å². The molecule has 7 heteroatoms. The summed E-state index contributed by atoms with van der Waals surface area (Å²) in [7, 11) is 0. The number of benzene rings is 3. The largest absolute Gasteiger partial charge is 0.490 e. The van der Waals surface area contributed by atoms with Gasteiger partial charge in [0.05, 0.1) is 6.61 Å². The monoisotopic (exact) mass is 434 g/mol. The molecule has 3 rings (SSSR count). The number of ether oxygens (including phenoxy) is 2. The molecular formula is C25H20F2N2O3. The number of carbonyl (C=O) groups is 1. The van der Waals surface area contributed by atoms with E-state index in [9.17, 15) is 18.8 Å². The van der Waals surface area contributed by atoms with Gasteiger partial charge in [-0.15, -0.1) is 0 Å². The summed E-state index contributed by atoms with van der Waals surface area (Å²) in [6.45, 7) is 2.19. The standard InChI is InChI=1S/C25H20F2N2O3/c1-2-31-24-14-17(7-12-23(24)32-16-18-5-3-4-6-22(18)27)13-19(15-28)25(30)29-21-10-8-20(26)9-11-21/h3-14H,2,16H2,1H3,(H,29,30)/b19-13+. The molecule has 3 aromatic carbocycles. The number of amides is 1. The maximum absolute atomic E-state index is 13.8. The van der Waals surface area contributed by atoms with Crippen molar-refractivity contribution in [3.05, 3.63) is 95.1 Å². The van der Waals surface area contributed by atoms with E-state index >= 15 is 0 Å². The number of hydrogen-bond donors (Lipinski definition) is 1. The minimum absolute atomic E-state index is 0.0193. The Balaban J connectivity index is 1.78. The van der Waals surface area contributed by atoms with Crippen LogP contribution in [0.3, 0.4) is 0 Å². The smallest absolute Gasteiger partial charge is 0.266 e. The molecule has 32 heavy (non-hydrogen) atoms. The van der Waals surface area contributed by atoms with Crippen molar-refractivity contribution in [1.82, 2.24) is 0 Å². The first-order valence-electron chi connectivity index (χ1n) is 9.82. The lowest BCUT2D eigenvalue weighted by Gasteiger charge is -2.13. The third kappa shape index (κ3) is 5.92. The molecule has 1 amide bonds. The van der Waals surface area contributed by atoms with Gasteiger partial charge in [-0.3, -0.25) is 4.79 Å². The van der Waals surface area contributed by atoms with Gasteiger partial charge in [-0.2, -0.15) is 5.26 Å². The molecule has 0 bridgehead atoms. The van der Waals surface area contributed by atoms with Crippen molar-refractivity contribution in [1.29, 1.82) is 5.26 Å². The lowest BCUT2D eigenvalue weighted by atomic mass is 10.1. The SMILES string of the molecule is CCOc1cc(/C=C(\C#N)C(=O)Nc2ccc(F)cc2)ccc1OCc1ccccc1F. The fourth-order valence-electron chi connectivity index (χ4n) is 2.82. The molecule has 0 aliphatic carbocycles. The van der Waals surface area contributed by atoms with Crippen LogP contribution < -0.4 is 14.8 Å². The van der Waals surface area contributed by atoms with Crippen LogP contribution in [0.15, 0.2) is 72.3 Å². The second-order valence-corrected chi connectivity index (χ2v) is 6.65. The Kier molecular flexibility index (Phi) is 7.55. The Labute approximate surface area is 184 Å². The van der Waals surface area contributed by atoms with Gasteiger partial charge in [0.2, 0.25) is 0 Å². The zero-order valence-electron chi connectivity index (χ0n) is 17.3. The van der Waals surface area contributed by atoms with E-state index in [0.29, 0.717) is 34.9 Å².